The van der Waals surface area contributed by atoms with Gasteiger partial charge in [-0.2, -0.15) is 0 Å². The lowest BCUT2D eigenvalue weighted by molar-refractivity contribution is -0.199. The van der Waals surface area contributed by atoms with Gasteiger partial charge in [-0.1, -0.05) is 63.6 Å². The first-order valence-corrected chi connectivity index (χ1v) is 21.2. The first-order chi connectivity index (χ1) is 27.8. The molecule has 1 heterocycles. The highest BCUT2D eigenvalue weighted by atomic mass is 35.5. The van der Waals surface area contributed by atoms with Crippen LogP contribution in [0.3, 0.4) is 0 Å². The van der Waals surface area contributed by atoms with Crippen LogP contribution in [0, 0.1) is 23.2 Å². The van der Waals surface area contributed by atoms with Gasteiger partial charge < -0.3 is 46.7 Å². The van der Waals surface area contributed by atoms with Crippen molar-refractivity contribution >= 4 is 48.3 Å². The molecule has 322 valence electrons. The fourth-order valence-electron chi connectivity index (χ4n) is 8.80. The molecule has 3 aliphatic carbocycles. The van der Waals surface area contributed by atoms with Crippen LogP contribution in [-0.2, 0) is 28.5 Å². The SMILES string of the molecule is CC(NC(=O)C(CCCCN)NC(=O)C(C)NC(=O)C(NC(=O)C(NC(=O)c1ccc(-c2ccc(Cl)cc2)cc1)C(C)C)C(C)O)B1OC2CC3CC(C3(C)C)C2(C)O1. The molecule has 0 radical (unpaired) electrons. The molecule has 5 amide bonds. The molecule has 59 heavy (non-hydrogen) atoms. The molecule has 3 saturated carbocycles. The molecule has 4 fully saturated rings. The zero-order valence-electron chi connectivity index (χ0n) is 35.5. The Balaban J connectivity index is 1.16. The third-order valence-corrected chi connectivity index (χ3v) is 13.0. The minimum atomic E-state index is -1.47. The van der Waals surface area contributed by atoms with Gasteiger partial charge in [0, 0.05) is 10.6 Å². The normalized spacial score (nSPS) is 24.6. The predicted octanol–water partition coefficient (Wildman–Crippen LogP) is 3.52. The Bertz CT molecular complexity index is 1830. The Morgan fingerprint density at radius 3 is 1.98 bits per heavy atom. The molecule has 10 atom stereocenters. The summed E-state index contributed by atoms with van der Waals surface area (Å²) >= 11 is 6.00. The van der Waals surface area contributed by atoms with Gasteiger partial charge in [0.05, 0.1) is 23.8 Å². The van der Waals surface area contributed by atoms with Crippen molar-refractivity contribution in [1.29, 1.82) is 0 Å². The summed E-state index contributed by atoms with van der Waals surface area (Å²) in [6, 6.07) is 9.53. The summed E-state index contributed by atoms with van der Waals surface area (Å²) in [5, 5.41) is 24.8. The molecule has 4 aliphatic rings. The number of hydrogen-bond acceptors (Lipinski definition) is 9. The van der Waals surface area contributed by atoms with E-state index in [-0.39, 0.29) is 11.5 Å². The Kier molecular flexibility index (Phi) is 14.9. The summed E-state index contributed by atoms with van der Waals surface area (Å²) in [5.41, 5.74) is 7.57. The van der Waals surface area contributed by atoms with Gasteiger partial charge in [0.1, 0.15) is 24.2 Å². The highest BCUT2D eigenvalue weighted by molar-refractivity contribution is 6.47. The van der Waals surface area contributed by atoms with Gasteiger partial charge in [-0.15, -0.1) is 0 Å². The molecule has 1 aliphatic heterocycles. The van der Waals surface area contributed by atoms with Crippen LogP contribution in [0.15, 0.2) is 48.5 Å². The smallest absolute Gasteiger partial charge is 0.404 e. The zero-order chi connectivity index (χ0) is 43.4. The van der Waals surface area contributed by atoms with Gasteiger partial charge in [-0.05, 0) is 125 Å². The largest absolute Gasteiger partial charge is 0.481 e. The van der Waals surface area contributed by atoms with E-state index in [0.717, 1.165) is 24.0 Å². The van der Waals surface area contributed by atoms with Gasteiger partial charge in [0.15, 0.2) is 0 Å². The monoisotopic (exact) mass is 836 g/mol. The van der Waals surface area contributed by atoms with Crippen molar-refractivity contribution in [2.75, 3.05) is 6.54 Å². The van der Waals surface area contributed by atoms with Crippen LogP contribution in [0.1, 0.15) is 97.9 Å². The number of aliphatic hydroxyl groups is 1. The van der Waals surface area contributed by atoms with E-state index >= 15 is 0 Å². The molecular weight excluding hydrogens is 775 g/mol. The molecule has 2 aromatic rings. The maximum atomic E-state index is 13.7. The number of hydrogen-bond donors (Lipinski definition) is 7. The van der Waals surface area contributed by atoms with Gasteiger partial charge >= 0.3 is 7.12 Å². The van der Waals surface area contributed by atoms with Gasteiger partial charge in [-0.3, -0.25) is 24.0 Å². The number of unbranched alkanes of at least 4 members (excludes halogenated alkanes) is 1. The Morgan fingerprint density at radius 1 is 0.797 bits per heavy atom. The number of benzene rings is 2. The van der Waals surface area contributed by atoms with E-state index in [9.17, 15) is 29.1 Å². The number of nitrogens with one attached hydrogen (secondary N) is 5. The molecule has 0 aromatic heterocycles. The third kappa shape index (κ3) is 10.5. The number of carbonyl (C=O) groups excluding carboxylic acids is 5. The average molecular weight is 837 g/mol. The summed E-state index contributed by atoms with van der Waals surface area (Å²) in [6.07, 6.45) is 2.10. The van der Waals surface area contributed by atoms with Crippen LogP contribution in [0.4, 0.5) is 0 Å². The van der Waals surface area contributed by atoms with Crippen LogP contribution in [-0.4, -0.2) is 96.2 Å². The average Bonchev–Trinajstić information content (AvgIpc) is 3.56. The molecule has 1 saturated heterocycles. The number of carbonyl (C=O) groups is 5. The van der Waals surface area contributed by atoms with Crippen molar-refractivity contribution in [2.45, 2.75) is 135 Å². The summed E-state index contributed by atoms with van der Waals surface area (Å²) in [4.78, 5) is 67.4. The second-order valence-electron chi connectivity index (χ2n) is 17.7. The van der Waals surface area contributed by atoms with E-state index in [0.29, 0.717) is 48.2 Å². The van der Waals surface area contributed by atoms with Crippen LogP contribution >= 0.6 is 11.6 Å². The first kappa shape index (κ1) is 46.1. The molecule has 2 aromatic carbocycles. The third-order valence-electron chi connectivity index (χ3n) is 12.7. The van der Waals surface area contributed by atoms with Crippen LogP contribution in [0.25, 0.3) is 11.1 Å². The van der Waals surface area contributed by atoms with Crippen molar-refractivity contribution in [3.05, 3.63) is 59.1 Å². The van der Waals surface area contributed by atoms with Gasteiger partial charge in [-0.25, -0.2) is 0 Å². The molecule has 8 N–H and O–H groups in total. The van der Waals surface area contributed by atoms with E-state index in [1.165, 1.54) is 13.8 Å². The van der Waals surface area contributed by atoms with Gasteiger partial charge in [0.25, 0.3) is 5.91 Å². The van der Waals surface area contributed by atoms with Crippen molar-refractivity contribution in [1.82, 2.24) is 26.6 Å². The maximum absolute atomic E-state index is 13.7. The number of aliphatic hydroxyl groups excluding tert-OH is 1. The molecule has 6 rings (SSSR count). The predicted molar refractivity (Wildman–Crippen MR) is 227 cm³/mol. The van der Waals surface area contributed by atoms with Crippen LogP contribution in [0.5, 0.6) is 0 Å². The second kappa shape index (κ2) is 19.1. The maximum Gasteiger partial charge on any atom is 0.481 e. The second-order valence-corrected chi connectivity index (χ2v) is 18.2. The molecule has 16 heteroatoms. The van der Waals surface area contributed by atoms with Gasteiger partial charge in [0.2, 0.25) is 23.6 Å². The minimum absolute atomic E-state index is 0.0525. The van der Waals surface area contributed by atoms with Crippen molar-refractivity contribution < 1.29 is 38.4 Å². The number of halogens is 1. The fourth-order valence-corrected chi connectivity index (χ4v) is 8.92. The fraction of sp³-hybridized carbons (Fsp3) is 0.605. The van der Waals surface area contributed by atoms with E-state index in [4.69, 9.17) is 26.6 Å². The van der Waals surface area contributed by atoms with Crippen LogP contribution in [0.2, 0.25) is 5.02 Å². The first-order valence-electron chi connectivity index (χ1n) is 20.9. The number of amides is 5. The van der Waals surface area contributed by atoms with E-state index < -0.39 is 84.4 Å². The highest BCUT2D eigenvalue weighted by Crippen LogP contribution is 2.65. The standard InChI is InChI=1S/C43H62BClN6O8/c1-23(2)35(50-38(54)29-14-12-27(13-15-29)28-16-18-31(45)19-17-28)40(56)51-36(25(4)52)41(57)47-24(3)37(53)49-32(11-9-10-20-46)39(55)48-26(5)44-58-34-22-30-21-33(42(30,6)7)43(34,8)59-44/h12-19,23-26,30,32-36,52H,9-11,20-22,46H2,1-8H3,(H,47,57)(H,48,55)(H,49,53)(H,50,54)(H,51,56). The summed E-state index contributed by atoms with van der Waals surface area (Å²) in [6.45, 7) is 15.2. The topological polar surface area (TPSA) is 210 Å². The quantitative estimate of drug-likeness (QED) is 0.0865. The Labute approximate surface area is 353 Å². The summed E-state index contributed by atoms with van der Waals surface area (Å²) in [5.74, 6) is -3.04. The lowest BCUT2D eigenvalue weighted by atomic mass is 9.43. The van der Waals surface area contributed by atoms with Crippen molar-refractivity contribution in [3.63, 3.8) is 0 Å². The Morgan fingerprint density at radius 2 is 1.41 bits per heavy atom. The molecule has 14 nitrogen and oxygen atoms in total. The summed E-state index contributed by atoms with van der Waals surface area (Å²) < 4.78 is 12.9. The lowest BCUT2D eigenvalue weighted by Gasteiger charge is -2.64. The van der Waals surface area contributed by atoms with Crippen molar-refractivity contribution in [3.8, 4) is 11.1 Å². The molecule has 2 bridgehead atoms. The Hall–Kier alpha value is -4.02. The molecular formula is C43H62BClN6O8. The summed E-state index contributed by atoms with van der Waals surface area (Å²) in [7, 11) is -0.647. The van der Waals surface area contributed by atoms with Crippen LogP contribution < -0.4 is 32.3 Å². The van der Waals surface area contributed by atoms with E-state index in [1.807, 2.05) is 19.1 Å². The molecule has 10 unspecified atom stereocenters. The highest BCUT2D eigenvalue weighted by Gasteiger charge is 2.68. The zero-order valence-corrected chi connectivity index (χ0v) is 36.2. The lowest BCUT2D eigenvalue weighted by Crippen LogP contribution is -2.65. The van der Waals surface area contributed by atoms with E-state index in [2.05, 4.69) is 47.4 Å². The van der Waals surface area contributed by atoms with E-state index in [1.54, 1.807) is 50.2 Å². The number of nitrogens with two attached hydrogens (primary N) is 1. The molecule has 0 spiro atoms. The van der Waals surface area contributed by atoms with Crippen molar-refractivity contribution in [2.24, 2.45) is 28.9 Å². The minimum Gasteiger partial charge on any atom is -0.404 e. The number of rotatable bonds is 18.